The number of hydrogen-bond acceptors (Lipinski definition) is 4. The molecule has 1 saturated heterocycles. The predicted molar refractivity (Wildman–Crippen MR) is 108 cm³/mol. The maximum atomic E-state index is 12.5. The molecule has 0 spiro atoms. The summed E-state index contributed by atoms with van der Waals surface area (Å²) in [7, 11) is 3.33. The van der Waals surface area contributed by atoms with Gasteiger partial charge in [0.2, 0.25) is 0 Å². The summed E-state index contributed by atoms with van der Waals surface area (Å²) in [5, 5.41) is 1.19. The molecule has 0 aromatic heterocycles. The number of likely N-dealkylation sites (N-methyl/N-ethyl adjacent to an activating group) is 1. The van der Waals surface area contributed by atoms with Crippen molar-refractivity contribution in [2.24, 2.45) is 4.99 Å². The number of carbonyl (C=O) groups is 1. The number of amides is 1. The van der Waals surface area contributed by atoms with Crippen LogP contribution in [0.25, 0.3) is 6.08 Å². The summed E-state index contributed by atoms with van der Waals surface area (Å²) in [6.45, 7) is 0. The number of carbonyl (C=O) groups excluding carboxylic acids is 1. The van der Waals surface area contributed by atoms with E-state index in [1.165, 1.54) is 16.7 Å². The lowest BCUT2D eigenvalue weighted by Gasteiger charge is -2.07. The maximum Gasteiger partial charge on any atom is 0.266 e. The standard InChI is InChI=1S/C18H14BrClN2O2S/c1-22-17(23)16(9-11-3-6-13(24-2)7-4-11)25-18(22)21-12-5-8-14(19)15(20)10-12/h3-10H,1-2H3/b16-9-,21-18?. The number of aliphatic imine (C=N–C) groups is 1. The number of halogens is 2. The van der Waals surface area contributed by atoms with Crippen LogP contribution in [0.4, 0.5) is 5.69 Å². The van der Waals surface area contributed by atoms with Crippen molar-refractivity contribution < 1.29 is 9.53 Å². The van der Waals surface area contributed by atoms with Crippen molar-refractivity contribution in [3.8, 4) is 5.75 Å². The van der Waals surface area contributed by atoms with Gasteiger partial charge in [-0.05, 0) is 69.7 Å². The average molecular weight is 438 g/mol. The number of hydrogen-bond donors (Lipinski definition) is 0. The van der Waals surface area contributed by atoms with E-state index in [2.05, 4.69) is 20.9 Å². The number of amidine groups is 1. The molecule has 0 bridgehead atoms. The molecular weight excluding hydrogens is 424 g/mol. The minimum Gasteiger partial charge on any atom is -0.497 e. The van der Waals surface area contributed by atoms with Gasteiger partial charge in [0.25, 0.3) is 5.91 Å². The van der Waals surface area contributed by atoms with Gasteiger partial charge in [0.05, 0.1) is 22.7 Å². The first kappa shape index (κ1) is 18.0. The molecule has 7 heteroatoms. The Morgan fingerprint density at radius 1 is 1.24 bits per heavy atom. The average Bonchev–Trinajstić information content (AvgIpc) is 2.87. The van der Waals surface area contributed by atoms with Crippen LogP contribution in [0.2, 0.25) is 5.02 Å². The molecule has 2 aromatic carbocycles. The molecule has 0 saturated carbocycles. The first-order valence-corrected chi connectivity index (χ1v) is 9.32. The predicted octanol–water partition coefficient (Wildman–Crippen LogP) is 5.34. The van der Waals surface area contributed by atoms with E-state index in [0.717, 1.165) is 15.8 Å². The fraction of sp³-hybridized carbons (Fsp3) is 0.111. The first-order chi connectivity index (χ1) is 12.0. The smallest absolute Gasteiger partial charge is 0.266 e. The van der Waals surface area contributed by atoms with E-state index in [1.54, 1.807) is 20.2 Å². The molecule has 1 heterocycles. The summed E-state index contributed by atoms with van der Waals surface area (Å²) in [4.78, 5) is 19.1. The molecule has 0 aliphatic carbocycles. The molecule has 1 aliphatic rings. The van der Waals surface area contributed by atoms with Gasteiger partial charge in [-0.25, -0.2) is 4.99 Å². The molecule has 1 amide bonds. The molecule has 4 nitrogen and oxygen atoms in total. The molecule has 0 radical (unpaired) electrons. The highest BCUT2D eigenvalue weighted by Crippen LogP contribution is 2.34. The van der Waals surface area contributed by atoms with Crippen LogP contribution in [0.1, 0.15) is 5.56 Å². The van der Waals surface area contributed by atoms with Crippen molar-refractivity contribution in [2.75, 3.05) is 14.2 Å². The van der Waals surface area contributed by atoms with Crippen molar-refractivity contribution in [1.29, 1.82) is 0 Å². The van der Waals surface area contributed by atoms with Crippen LogP contribution in [-0.4, -0.2) is 30.1 Å². The molecule has 0 unspecified atom stereocenters. The van der Waals surface area contributed by atoms with Gasteiger partial charge in [-0.1, -0.05) is 23.7 Å². The van der Waals surface area contributed by atoms with Crippen LogP contribution in [0.15, 0.2) is 56.8 Å². The Bertz CT molecular complexity index is 881. The first-order valence-electron chi connectivity index (χ1n) is 7.33. The minimum absolute atomic E-state index is 0.0808. The molecule has 2 aromatic rings. The van der Waals surface area contributed by atoms with E-state index in [4.69, 9.17) is 16.3 Å². The van der Waals surface area contributed by atoms with Gasteiger partial charge in [0, 0.05) is 11.5 Å². The lowest BCUT2D eigenvalue weighted by atomic mass is 10.2. The van der Waals surface area contributed by atoms with E-state index in [0.29, 0.717) is 20.8 Å². The Morgan fingerprint density at radius 3 is 2.60 bits per heavy atom. The second kappa shape index (κ2) is 7.64. The van der Waals surface area contributed by atoms with Crippen molar-refractivity contribution in [1.82, 2.24) is 4.90 Å². The summed E-state index contributed by atoms with van der Waals surface area (Å²) < 4.78 is 5.95. The zero-order chi connectivity index (χ0) is 18.0. The van der Waals surface area contributed by atoms with Gasteiger partial charge in [0.1, 0.15) is 5.75 Å². The largest absolute Gasteiger partial charge is 0.497 e. The van der Waals surface area contributed by atoms with E-state index < -0.39 is 0 Å². The van der Waals surface area contributed by atoms with Gasteiger partial charge in [-0.3, -0.25) is 9.69 Å². The minimum atomic E-state index is -0.0808. The summed E-state index contributed by atoms with van der Waals surface area (Å²) >= 11 is 10.8. The van der Waals surface area contributed by atoms with E-state index in [9.17, 15) is 4.79 Å². The molecule has 1 fully saturated rings. The quantitative estimate of drug-likeness (QED) is 0.608. The van der Waals surface area contributed by atoms with Crippen LogP contribution >= 0.6 is 39.3 Å². The van der Waals surface area contributed by atoms with Gasteiger partial charge in [0.15, 0.2) is 5.17 Å². The molecule has 25 heavy (non-hydrogen) atoms. The third-order valence-corrected chi connectivity index (χ3v) is 5.84. The third kappa shape index (κ3) is 4.08. The zero-order valence-corrected chi connectivity index (χ0v) is 16.7. The number of benzene rings is 2. The fourth-order valence-corrected chi connectivity index (χ4v) is 3.58. The maximum absolute atomic E-state index is 12.5. The number of nitrogens with zero attached hydrogens (tertiary/aromatic N) is 2. The Kier molecular flexibility index (Phi) is 5.51. The highest BCUT2D eigenvalue weighted by molar-refractivity contribution is 9.10. The number of rotatable bonds is 3. The van der Waals surface area contributed by atoms with E-state index >= 15 is 0 Å². The van der Waals surface area contributed by atoms with Crippen LogP contribution < -0.4 is 4.74 Å². The van der Waals surface area contributed by atoms with Crippen LogP contribution in [0, 0.1) is 0 Å². The highest BCUT2D eigenvalue weighted by atomic mass is 79.9. The number of methoxy groups -OCH3 is 1. The van der Waals surface area contributed by atoms with Gasteiger partial charge in [-0.2, -0.15) is 0 Å². The van der Waals surface area contributed by atoms with Crippen molar-refractivity contribution in [3.05, 3.63) is 62.4 Å². The van der Waals surface area contributed by atoms with Crippen LogP contribution in [0.5, 0.6) is 5.75 Å². The molecule has 1 aliphatic heterocycles. The lowest BCUT2D eigenvalue weighted by molar-refractivity contribution is -0.121. The normalized spacial score (nSPS) is 17.6. The summed E-state index contributed by atoms with van der Waals surface area (Å²) in [6, 6.07) is 13.0. The number of thioether (sulfide) groups is 1. The molecule has 0 atom stereocenters. The molecular formula is C18H14BrClN2O2S. The fourth-order valence-electron chi connectivity index (χ4n) is 2.17. The van der Waals surface area contributed by atoms with E-state index in [-0.39, 0.29) is 5.91 Å². The number of ether oxygens (including phenoxy) is 1. The monoisotopic (exact) mass is 436 g/mol. The van der Waals surface area contributed by atoms with Gasteiger partial charge < -0.3 is 4.74 Å². The van der Waals surface area contributed by atoms with E-state index in [1.807, 2.05) is 42.5 Å². The van der Waals surface area contributed by atoms with Crippen LogP contribution in [-0.2, 0) is 4.79 Å². The van der Waals surface area contributed by atoms with Gasteiger partial charge >= 0.3 is 0 Å². The summed E-state index contributed by atoms with van der Waals surface area (Å²) in [5.41, 5.74) is 1.62. The highest BCUT2D eigenvalue weighted by Gasteiger charge is 2.30. The molecule has 128 valence electrons. The Morgan fingerprint density at radius 2 is 1.96 bits per heavy atom. The second-order valence-corrected chi connectivity index (χ2v) is 7.51. The second-order valence-electron chi connectivity index (χ2n) is 5.24. The van der Waals surface area contributed by atoms with Crippen LogP contribution in [0.3, 0.4) is 0 Å². The van der Waals surface area contributed by atoms with Gasteiger partial charge in [-0.15, -0.1) is 0 Å². The Labute approximate surface area is 163 Å². The summed E-state index contributed by atoms with van der Waals surface area (Å²) in [5.74, 6) is 0.696. The Balaban J connectivity index is 1.87. The molecule has 3 rings (SSSR count). The molecule has 0 N–H and O–H groups in total. The lowest BCUT2D eigenvalue weighted by Crippen LogP contribution is -2.23. The van der Waals surface area contributed by atoms with Crippen molar-refractivity contribution >= 4 is 62.1 Å². The third-order valence-electron chi connectivity index (χ3n) is 3.55. The topological polar surface area (TPSA) is 41.9 Å². The Hall–Kier alpha value is -1.76. The van der Waals surface area contributed by atoms with Crippen molar-refractivity contribution in [2.45, 2.75) is 0 Å². The zero-order valence-electron chi connectivity index (χ0n) is 13.5. The summed E-state index contributed by atoms with van der Waals surface area (Å²) in [6.07, 6.45) is 1.85. The SMILES string of the molecule is COc1ccc(/C=C2\SC(=Nc3ccc(Br)c(Cl)c3)N(C)C2=O)cc1. The van der Waals surface area contributed by atoms with Crippen molar-refractivity contribution in [3.63, 3.8) is 0 Å².